The Hall–Kier alpha value is -1.72. The average molecular weight is 306 g/mol. The number of hydrogen-bond acceptors (Lipinski definition) is 4. The van der Waals surface area contributed by atoms with Crippen LogP contribution in [0.3, 0.4) is 0 Å². The number of aromatic nitrogens is 3. The van der Waals surface area contributed by atoms with Crippen LogP contribution < -0.4 is 4.74 Å². The van der Waals surface area contributed by atoms with Crippen LogP contribution in [0.1, 0.15) is 5.56 Å². The first kappa shape index (κ1) is 13.3. The number of methoxy groups -OCH3 is 1. The SMILES string of the molecule is COc1ccc(Cl)n2nc(SCc3ccccc3)nc12. The predicted octanol–water partition coefficient (Wildman–Crippen LogP) is 3.68. The third-order valence-electron chi connectivity index (χ3n) is 2.81. The van der Waals surface area contributed by atoms with Crippen LogP contribution in [-0.2, 0) is 5.75 Å². The summed E-state index contributed by atoms with van der Waals surface area (Å²) in [5, 5.41) is 5.59. The van der Waals surface area contributed by atoms with E-state index >= 15 is 0 Å². The lowest BCUT2D eigenvalue weighted by molar-refractivity contribution is 0.416. The molecule has 3 aromatic rings. The molecule has 1 aromatic carbocycles. The number of pyridine rings is 1. The lowest BCUT2D eigenvalue weighted by atomic mass is 10.2. The molecule has 0 aliphatic rings. The summed E-state index contributed by atoms with van der Waals surface area (Å²) in [6, 6.07) is 13.7. The zero-order valence-corrected chi connectivity index (χ0v) is 12.4. The molecule has 0 bridgehead atoms. The number of halogens is 1. The van der Waals surface area contributed by atoms with E-state index in [1.807, 2.05) is 18.2 Å². The van der Waals surface area contributed by atoms with Gasteiger partial charge in [0.05, 0.1) is 7.11 Å². The quantitative estimate of drug-likeness (QED) is 0.544. The van der Waals surface area contributed by atoms with Gasteiger partial charge >= 0.3 is 0 Å². The van der Waals surface area contributed by atoms with E-state index in [4.69, 9.17) is 16.3 Å². The number of ether oxygens (including phenoxy) is 1. The molecule has 20 heavy (non-hydrogen) atoms. The molecular formula is C14H12ClN3OS. The largest absolute Gasteiger partial charge is 0.493 e. The van der Waals surface area contributed by atoms with Gasteiger partial charge in [0.15, 0.2) is 11.4 Å². The van der Waals surface area contributed by atoms with Crippen molar-refractivity contribution in [3.8, 4) is 5.75 Å². The maximum Gasteiger partial charge on any atom is 0.209 e. The Morgan fingerprint density at radius 2 is 2.00 bits per heavy atom. The first-order valence-corrected chi connectivity index (χ1v) is 7.40. The van der Waals surface area contributed by atoms with Gasteiger partial charge in [0.25, 0.3) is 0 Å². The second-order valence-corrected chi connectivity index (χ2v) is 5.46. The molecule has 0 unspecified atom stereocenters. The van der Waals surface area contributed by atoms with Gasteiger partial charge in [-0.15, -0.1) is 5.10 Å². The Kier molecular flexibility index (Phi) is 3.80. The van der Waals surface area contributed by atoms with E-state index < -0.39 is 0 Å². The van der Waals surface area contributed by atoms with E-state index in [1.165, 1.54) is 5.56 Å². The summed E-state index contributed by atoms with van der Waals surface area (Å²) in [4.78, 5) is 4.46. The van der Waals surface area contributed by atoms with Gasteiger partial charge in [0.2, 0.25) is 5.16 Å². The van der Waals surface area contributed by atoms with Crippen LogP contribution >= 0.6 is 23.4 Å². The Morgan fingerprint density at radius 3 is 2.75 bits per heavy atom. The molecule has 6 heteroatoms. The Labute approximate surface area is 125 Å². The van der Waals surface area contributed by atoms with E-state index in [9.17, 15) is 0 Å². The fraction of sp³-hybridized carbons (Fsp3) is 0.143. The van der Waals surface area contributed by atoms with Gasteiger partial charge in [-0.2, -0.15) is 9.50 Å². The number of benzene rings is 1. The number of fused-ring (bicyclic) bond motifs is 1. The molecular weight excluding hydrogens is 294 g/mol. The van der Waals surface area contributed by atoms with Crippen molar-refractivity contribution in [3.05, 3.63) is 53.2 Å². The molecule has 0 saturated carbocycles. The number of nitrogens with zero attached hydrogens (tertiary/aromatic N) is 3. The zero-order chi connectivity index (χ0) is 13.9. The smallest absolute Gasteiger partial charge is 0.209 e. The van der Waals surface area contributed by atoms with Gasteiger partial charge in [-0.05, 0) is 17.7 Å². The summed E-state index contributed by atoms with van der Waals surface area (Å²) in [5.41, 5.74) is 1.87. The summed E-state index contributed by atoms with van der Waals surface area (Å²) in [7, 11) is 1.61. The normalized spacial score (nSPS) is 10.9. The highest BCUT2D eigenvalue weighted by molar-refractivity contribution is 7.98. The van der Waals surface area contributed by atoms with Crippen molar-refractivity contribution in [2.45, 2.75) is 10.9 Å². The van der Waals surface area contributed by atoms with Gasteiger partial charge in [-0.25, -0.2) is 0 Å². The van der Waals surface area contributed by atoms with Crippen molar-refractivity contribution in [2.75, 3.05) is 7.11 Å². The van der Waals surface area contributed by atoms with Crippen molar-refractivity contribution >= 4 is 29.0 Å². The van der Waals surface area contributed by atoms with Crippen LogP contribution in [0.25, 0.3) is 5.65 Å². The molecule has 0 N–H and O–H groups in total. The summed E-state index contributed by atoms with van der Waals surface area (Å²) in [6.07, 6.45) is 0. The molecule has 0 aliphatic heterocycles. The van der Waals surface area contributed by atoms with Crippen molar-refractivity contribution in [3.63, 3.8) is 0 Å². The maximum atomic E-state index is 6.11. The van der Waals surface area contributed by atoms with Crippen LogP contribution in [0.4, 0.5) is 0 Å². The third-order valence-corrected chi connectivity index (χ3v) is 4.01. The second kappa shape index (κ2) is 5.73. The standard InChI is InChI=1S/C14H12ClN3OS/c1-19-11-7-8-12(15)18-13(11)16-14(17-18)20-9-10-5-3-2-4-6-10/h2-8H,9H2,1H3. The lowest BCUT2D eigenvalue weighted by Gasteiger charge is -2.00. The summed E-state index contributed by atoms with van der Waals surface area (Å²) >= 11 is 7.68. The lowest BCUT2D eigenvalue weighted by Crippen LogP contribution is -1.93. The zero-order valence-electron chi connectivity index (χ0n) is 10.8. The molecule has 0 atom stereocenters. The van der Waals surface area contributed by atoms with Crippen LogP contribution in [0, 0.1) is 0 Å². The van der Waals surface area contributed by atoms with Crippen molar-refractivity contribution in [2.24, 2.45) is 0 Å². The molecule has 4 nitrogen and oxygen atoms in total. The fourth-order valence-corrected chi connectivity index (χ4v) is 2.79. The second-order valence-electron chi connectivity index (χ2n) is 4.13. The minimum absolute atomic E-state index is 0.514. The molecule has 0 radical (unpaired) electrons. The monoisotopic (exact) mass is 305 g/mol. The number of hydrogen-bond donors (Lipinski definition) is 0. The molecule has 3 rings (SSSR count). The van der Waals surface area contributed by atoms with E-state index in [-0.39, 0.29) is 0 Å². The molecule has 0 fully saturated rings. The molecule has 0 aliphatic carbocycles. The summed E-state index contributed by atoms with van der Waals surface area (Å²) in [5.74, 6) is 1.48. The summed E-state index contributed by atoms with van der Waals surface area (Å²) in [6.45, 7) is 0. The Morgan fingerprint density at radius 1 is 1.20 bits per heavy atom. The first-order valence-electron chi connectivity index (χ1n) is 6.04. The van der Waals surface area contributed by atoms with Gasteiger partial charge in [-0.3, -0.25) is 0 Å². The van der Waals surface area contributed by atoms with Crippen molar-refractivity contribution in [1.82, 2.24) is 14.6 Å². The molecule has 2 heterocycles. The predicted molar refractivity (Wildman–Crippen MR) is 80.6 cm³/mol. The summed E-state index contributed by atoms with van der Waals surface area (Å²) < 4.78 is 6.86. The van der Waals surface area contributed by atoms with Gasteiger partial charge in [0.1, 0.15) is 5.15 Å². The van der Waals surface area contributed by atoms with Crippen LogP contribution in [0.15, 0.2) is 47.6 Å². The van der Waals surface area contributed by atoms with E-state index in [2.05, 4.69) is 22.2 Å². The van der Waals surface area contributed by atoms with E-state index in [1.54, 1.807) is 35.5 Å². The number of rotatable bonds is 4. The van der Waals surface area contributed by atoms with E-state index in [0.29, 0.717) is 21.7 Å². The van der Waals surface area contributed by atoms with E-state index in [0.717, 1.165) is 5.75 Å². The van der Waals surface area contributed by atoms with Gasteiger partial charge < -0.3 is 4.74 Å². The van der Waals surface area contributed by atoms with Gasteiger partial charge in [0, 0.05) is 5.75 Å². The first-order chi connectivity index (χ1) is 9.78. The molecule has 0 spiro atoms. The Balaban J connectivity index is 1.88. The minimum atomic E-state index is 0.514. The number of thioether (sulfide) groups is 1. The van der Waals surface area contributed by atoms with Crippen LogP contribution in [0.5, 0.6) is 5.75 Å². The third kappa shape index (κ3) is 2.59. The van der Waals surface area contributed by atoms with Gasteiger partial charge in [-0.1, -0.05) is 53.7 Å². The fourth-order valence-electron chi connectivity index (χ4n) is 1.83. The topological polar surface area (TPSA) is 39.4 Å². The van der Waals surface area contributed by atoms with Crippen LogP contribution in [0.2, 0.25) is 5.15 Å². The van der Waals surface area contributed by atoms with Crippen molar-refractivity contribution < 1.29 is 4.74 Å². The highest BCUT2D eigenvalue weighted by Gasteiger charge is 2.11. The minimum Gasteiger partial charge on any atom is -0.493 e. The Bertz CT molecular complexity index is 730. The van der Waals surface area contributed by atoms with Crippen LogP contribution in [-0.4, -0.2) is 21.7 Å². The van der Waals surface area contributed by atoms with Crippen molar-refractivity contribution in [1.29, 1.82) is 0 Å². The maximum absolute atomic E-state index is 6.11. The highest BCUT2D eigenvalue weighted by Crippen LogP contribution is 2.26. The molecule has 0 saturated heterocycles. The molecule has 0 amide bonds. The highest BCUT2D eigenvalue weighted by atomic mass is 35.5. The molecule has 2 aromatic heterocycles. The average Bonchev–Trinajstić information content (AvgIpc) is 2.92. The molecule has 102 valence electrons.